The zero-order chi connectivity index (χ0) is 16.4. The van der Waals surface area contributed by atoms with Crippen LogP contribution in [0.3, 0.4) is 0 Å². The number of benzene rings is 2. The first-order valence-electron chi connectivity index (χ1n) is 6.78. The van der Waals surface area contributed by atoms with Gasteiger partial charge in [0.2, 0.25) is 10.0 Å². The lowest BCUT2D eigenvalue weighted by molar-refractivity contribution is 0.171. The van der Waals surface area contributed by atoms with Gasteiger partial charge in [-0.3, -0.25) is 0 Å². The van der Waals surface area contributed by atoms with Crippen molar-refractivity contribution < 1.29 is 17.9 Å². The molecular formula is C15H13Cl2NO4S. The summed E-state index contributed by atoms with van der Waals surface area (Å²) in [6.45, 7) is 1.10. The number of fused-ring (bicyclic) bond motifs is 1. The molecule has 0 fully saturated rings. The Hall–Kier alpha value is -1.47. The van der Waals surface area contributed by atoms with Crippen molar-refractivity contribution in [2.45, 2.75) is 11.4 Å². The van der Waals surface area contributed by atoms with E-state index in [0.717, 1.165) is 5.56 Å². The van der Waals surface area contributed by atoms with E-state index in [1.807, 2.05) is 0 Å². The Labute approximate surface area is 144 Å². The van der Waals surface area contributed by atoms with Crippen LogP contribution in [0.1, 0.15) is 5.56 Å². The van der Waals surface area contributed by atoms with E-state index in [-0.39, 0.29) is 21.5 Å². The molecule has 0 amide bonds. The largest absolute Gasteiger partial charge is 0.486 e. The maximum absolute atomic E-state index is 12.3. The van der Waals surface area contributed by atoms with Crippen LogP contribution in [0.2, 0.25) is 10.0 Å². The van der Waals surface area contributed by atoms with Crippen molar-refractivity contribution in [1.29, 1.82) is 0 Å². The maximum Gasteiger partial charge on any atom is 0.240 e. The molecule has 122 valence electrons. The van der Waals surface area contributed by atoms with Crippen LogP contribution in [0.5, 0.6) is 11.5 Å². The molecule has 0 atom stereocenters. The molecule has 0 unspecified atom stereocenters. The highest BCUT2D eigenvalue weighted by Gasteiger charge is 2.17. The fourth-order valence-electron chi connectivity index (χ4n) is 2.14. The van der Waals surface area contributed by atoms with Crippen molar-refractivity contribution in [3.05, 3.63) is 52.0 Å². The monoisotopic (exact) mass is 373 g/mol. The second-order valence-electron chi connectivity index (χ2n) is 4.91. The molecule has 1 aliphatic heterocycles. The Morgan fingerprint density at radius 1 is 0.957 bits per heavy atom. The highest BCUT2D eigenvalue weighted by Crippen LogP contribution is 2.31. The van der Waals surface area contributed by atoms with Gasteiger partial charge in [-0.2, -0.15) is 0 Å². The van der Waals surface area contributed by atoms with Gasteiger partial charge in [-0.25, -0.2) is 13.1 Å². The maximum atomic E-state index is 12.3. The molecule has 0 radical (unpaired) electrons. The van der Waals surface area contributed by atoms with E-state index in [2.05, 4.69) is 4.72 Å². The van der Waals surface area contributed by atoms with E-state index in [9.17, 15) is 8.42 Å². The average Bonchev–Trinajstić information content (AvgIpc) is 2.52. The lowest BCUT2D eigenvalue weighted by Gasteiger charge is -2.19. The molecule has 0 bridgehead atoms. The molecule has 1 heterocycles. The van der Waals surface area contributed by atoms with Crippen LogP contribution in [-0.2, 0) is 16.6 Å². The van der Waals surface area contributed by atoms with Crippen molar-refractivity contribution in [2.75, 3.05) is 13.2 Å². The van der Waals surface area contributed by atoms with E-state index in [1.54, 1.807) is 18.2 Å². The van der Waals surface area contributed by atoms with E-state index >= 15 is 0 Å². The lowest BCUT2D eigenvalue weighted by Crippen LogP contribution is -2.23. The molecular weight excluding hydrogens is 361 g/mol. The molecule has 1 aliphatic rings. The summed E-state index contributed by atoms with van der Waals surface area (Å²) in [5.41, 5.74) is 0.756. The fraction of sp³-hybridized carbons (Fsp3) is 0.200. The topological polar surface area (TPSA) is 64.6 Å². The smallest absolute Gasteiger partial charge is 0.240 e. The van der Waals surface area contributed by atoms with Crippen molar-refractivity contribution in [3.63, 3.8) is 0 Å². The normalized spacial score (nSPS) is 13.8. The molecule has 0 aliphatic carbocycles. The van der Waals surface area contributed by atoms with E-state index < -0.39 is 10.0 Å². The van der Waals surface area contributed by atoms with Crippen LogP contribution in [-0.4, -0.2) is 21.6 Å². The first-order valence-corrected chi connectivity index (χ1v) is 9.02. The molecule has 0 aromatic heterocycles. The van der Waals surface area contributed by atoms with Crippen molar-refractivity contribution in [1.82, 2.24) is 4.72 Å². The number of halogens is 2. The first-order chi connectivity index (χ1) is 10.9. The van der Waals surface area contributed by atoms with Crippen molar-refractivity contribution >= 4 is 33.2 Å². The van der Waals surface area contributed by atoms with Crippen molar-refractivity contribution in [2.24, 2.45) is 0 Å². The van der Waals surface area contributed by atoms with Gasteiger partial charge in [0.1, 0.15) is 13.2 Å². The number of nitrogens with one attached hydrogen (secondary N) is 1. The predicted molar refractivity (Wildman–Crippen MR) is 87.9 cm³/mol. The number of sulfonamides is 1. The highest BCUT2D eigenvalue weighted by molar-refractivity contribution is 7.89. The SMILES string of the molecule is O=S(=O)(NCc1ccc2c(c1)OCCO2)c1cc(Cl)cc(Cl)c1. The Bertz CT molecular complexity index is 819. The summed E-state index contributed by atoms with van der Waals surface area (Å²) in [6, 6.07) is 9.46. The Morgan fingerprint density at radius 3 is 2.30 bits per heavy atom. The van der Waals surface area contributed by atoms with Crippen LogP contribution < -0.4 is 14.2 Å². The molecule has 23 heavy (non-hydrogen) atoms. The summed E-state index contributed by atoms with van der Waals surface area (Å²) in [7, 11) is -3.72. The minimum atomic E-state index is -3.72. The van der Waals surface area contributed by atoms with E-state index in [1.165, 1.54) is 18.2 Å². The quantitative estimate of drug-likeness (QED) is 0.893. The number of ether oxygens (including phenoxy) is 2. The van der Waals surface area contributed by atoms with Gasteiger partial charge in [0.15, 0.2) is 11.5 Å². The van der Waals surface area contributed by atoms with Gasteiger partial charge in [0.05, 0.1) is 4.90 Å². The van der Waals surface area contributed by atoms with Gasteiger partial charge in [-0.15, -0.1) is 0 Å². The average molecular weight is 374 g/mol. The van der Waals surface area contributed by atoms with Crippen LogP contribution in [0.4, 0.5) is 0 Å². The number of rotatable bonds is 4. The Balaban J connectivity index is 1.76. The molecule has 0 saturated heterocycles. The third-order valence-corrected chi connectivity index (χ3v) is 5.04. The number of hydrogen-bond acceptors (Lipinski definition) is 4. The molecule has 0 saturated carbocycles. The Kier molecular flexibility index (Phi) is 4.68. The zero-order valence-electron chi connectivity index (χ0n) is 11.9. The summed E-state index contributed by atoms with van der Waals surface area (Å²) >= 11 is 11.7. The molecule has 8 heteroatoms. The van der Waals surface area contributed by atoms with Gasteiger partial charge < -0.3 is 9.47 Å². The fourth-order valence-corrected chi connectivity index (χ4v) is 3.89. The second kappa shape index (κ2) is 6.57. The summed E-state index contributed by atoms with van der Waals surface area (Å²) in [5, 5.41) is 0.523. The predicted octanol–water partition coefficient (Wildman–Crippen LogP) is 3.24. The minimum absolute atomic E-state index is 0.0209. The lowest BCUT2D eigenvalue weighted by atomic mass is 10.2. The standard InChI is InChI=1S/C15H13Cl2NO4S/c16-11-6-12(17)8-13(7-11)23(19,20)18-9-10-1-2-14-15(5-10)22-4-3-21-14/h1-2,5-8,18H,3-4,9H2. The molecule has 0 spiro atoms. The third kappa shape index (κ3) is 3.90. The van der Waals surface area contributed by atoms with Crippen LogP contribution >= 0.6 is 23.2 Å². The van der Waals surface area contributed by atoms with Crippen LogP contribution in [0.25, 0.3) is 0 Å². The summed E-state index contributed by atoms with van der Waals surface area (Å²) < 4.78 is 38.0. The summed E-state index contributed by atoms with van der Waals surface area (Å²) in [4.78, 5) is 0.0209. The van der Waals surface area contributed by atoms with Gasteiger partial charge in [-0.05, 0) is 35.9 Å². The van der Waals surface area contributed by atoms with E-state index in [4.69, 9.17) is 32.7 Å². The van der Waals surface area contributed by atoms with Crippen LogP contribution in [0, 0.1) is 0 Å². The summed E-state index contributed by atoms with van der Waals surface area (Å²) in [5.74, 6) is 1.27. The number of hydrogen-bond donors (Lipinski definition) is 1. The molecule has 2 aromatic carbocycles. The zero-order valence-corrected chi connectivity index (χ0v) is 14.2. The molecule has 2 aromatic rings. The molecule has 5 nitrogen and oxygen atoms in total. The Morgan fingerprint density at radius 2 is 1.61 bits per heavy atom. The van der Waals surface area contributed by atoms with Gasteiger partial charge >= 0.3 is 0 Å². The third-order valence-electron chi connectivity index (χ3n) is 3.22. The second-order valence-corrected chi connectivity index (χ2v) is 7.55. The van der Waals surface area contributed by atoms with Crippen molar-refractivity contribution in [3.8, 4) is 11.5 Å². The minimum Gasteiger partial charge on any atom is -0.486 e. The van der Waals surface area contributed by atoms with Gasteiger partial charge in [-0.1, -0.05) is 29.3 Å². The highest BCUT2D eigenvalue weighted by atomic mass is 35.5. The molecule has 1 N–H and O–H groups in total. The molecule has 3 rings (SSSR count). The van der Waals surface area contributed by atoms with Gasteiger partial charge in [0, 0.05) is 16.6 Å². The first kappa shape index (κ1) is 16.4. The van der Waals surface area contributed by atoms with E-state index in [0.29, 0.717) is 24.7 Å². The van der Waals surface area contributed by atoms with Crippen LogP contribution in [0.15, 0.2) is 41.3 Å². The summed E-state index contributed by atoms with van der Waals surface area (Å²) in [6.07, 6.45) is 0. The van der Waals surface area contributed by atoms with Gasteiger partial charge in [0.25, 0.3) is 0 Å².